The number of carbonyl (C=O) groups is 3. The van der Waals surface area contributed by atoms with Crippen molar-refractivity contribution in [3.8, 4) is 11.6 Å². The molecular weight excluding hydrogens is 484 g/mol. The van der Waals surface area contributed by atoms with E-state index in [1.165, 1.54) is 0 Å². The summed E-state index contributed by atoms with van der Waals surface area (Å²) in [6.45, 7) is 1.96. The first kappa shape index (κ1) is 26.0. The number of carboxylic acid groups (broad SMARTS) is 1. The van der Waals surface area contributed by atoms with Crippen molar-refractivity contribution in [2.75, 3.05) is 45.9 Å². The molecule has 0 unspecified atom stereocenters. The Morgan fingerprint density at radius 3 is 2.34 bits per heavy atom. The Morgan fingerprint density at radius 1 is 1.03 bits per heavy atom. The number of aliphatic carboxylic acids is 1. The molecular formula is C22H25ClN4O8. The molecule has 0 bridgehead atoms. The Balaban J connectivity index is 1.97. The molecule has 1 aromatic heterocycles. The number of pyridine rings is 1. The van der Waals surface area contributed by atoms with Crippen LogP contribution in [0.15, 0.2) is 29.1 Å². The molecule has 0 saturated carbocycles. The van der Waals surface area contributed by atoms with E-state index in [9.17, 15) is 29.4 Å². The maximum Gasteiger partial charge on any atom is 0.322 e. The number of morpholine rings is 1. The number of hydrogen-bond donors (Lipinski definition) is 5. The molecule has 2 amide bonds. The number of nitrogens with one attached hydrogen (secondary N) is 2. The molecule has 5 N–H and O–H groups in total. The van der Waals surface area contributed by atoms with Crippen LogP contribution in [0.1, 0.15) is 26.3 Å². The van der Waals surface area contributed by atoms with Gasteiger partial charge in [-0.25, -0.2) is 0 Å². The standard InChI is InChI=1S/C22H25ClN4O8/c23-14-4-2-1-3-13(14)12-27-21(33)16(19(31)24-5-6-26-7-9-35-10-8-26)18(30)17(22(27)34)20(32)25-11-15(28)29/h1-4,30,34H,5-12H2,(H,24,31)(H,25,32)(H,28,29). The Morgan fingerprint density at radius 2 is 1.69 bits per heavy atom. The minimum atomic E-state index is -1.37. The van der Waals surface area contributed by atoms with Crippen molar-refractivity contribution in [3.63, 3.8) is 0 Å². The first-order valence-corrected chi connectivity index (χ1v) is 11.1. The number of amides is 2. The van der Waals surface area contributed by atoms with E-state index < -0.39 is 52.6 Å². The molecule has 1 fully saturated rings. The Labute approximate surface area is 204 Å². The zero-order valence-corrected chi connectivity index (χ0v) is 19.4. The number of halogens is 1. The molecule has 0 aliphatic carbocycles. The average Bonchev–Trinajstić information content (AvgIpc) is 2.82. The lowest BCUT2D eigenvalue weighted by molar-refractivity contribution is -0.135. The van der Waals surface area contributed by atoms with Crippen molar-refractivity contribution in [1.29, 1.82) is 0 Å². The number of rotatable bonds is 9. The van der Waals surface area contributed by atoms with E-state index in [4.69, 9.17) is 21.4 Å². The first-order chi connectivity index (χ1) is 16.7. The van der Waals surface area contributed by atoms with Crippen LogP contribution in [-0.4, -0.2) is 88.5 Å². The summed E-state index contributed by atoms with van der Waals surface area (Å²) in [7, 11) is 0. The highest BCUT2D eigenvalue weighted by atomic mass is 35.5. The Kier molecular flexibility index (Phi) is 8.68. The molecule has 1 saturated heterocycles. The van der Waals surface area contributed by atoms with Crippen molar-refractivity contribution in [2.24, 2.45) is 0 Å². The van der Waals surface area contributed by atoms with Gasteiger partial charge in [-0.1, -0.05) is 29.8 Å². The van der Waals surface area contributed by atoms with Gasteiger partial charge in [-0.2, -0.15) is 0 Å². The summed E-state index contributed by atoms with van der Waals surface area (Å²) in [5, 5.41) is 35.0. The fourth-order valence-corrected chi connectivity index (χ4v) is 3.74. The summed E-state index contributed by atoms with van der Waals surface area (Å²) >= 11 is 6.16. The number of carbonyl (C=O) groups excluding carboxylic acids is 2. The molecule has 0 atom stereocenters. The monoisotopic (exact) mass is 508 g/mol. The highest BCUT2D eigenvalue weighted by Crippen LogP contribution is 2.29. The zero-order chi connectivity index (χ0) is 25.5. The fraction of sp³-hybridized carbons (Fsp3) is 0.364. The largest absolute Gasteiger partial charge is 0.506 e. The minimum Gasteiger partial charge on any atom is -0.506 e. The van der Waals surface area contributed by atoms with Crippen LogP contribution in [0.25, 0.3) is 0 Å². The minimum absolute atomic E-state index is 0.143. The van der Waals surface area contributed by atoms with Crippen LogP contribution >= 0.6 is 11.6 Å². The normalized spacial score (nSPS) is 13.9. The highest BCUT2D eigenvalue weighted by molar-refractivity contribution is 6.31. The molecule has 1 aliphatic rings. The quantitative estimate of drug-likeness (QED) is 0.308. The van der Waals surface area contributed by atoms with Crippen molar-refractivity contribution >= 4 is 29.4 Å². The summed E-state index contributed by atoms with van der Waals surface area (Å²) in [5.74, 6) is -5.52. The third-order valence-corrected chi connectivity index (χ3v) is 5.74. The van der Waals surface area contributed by atoms with Crippen LogP contribution in [0.5, 0.6) is 11.6 Å². The maximum absolute atomic E-state index is 13.2. The van der Waals surface area contributed by atoms with E-state index in [2.05, 4.69) is 5.32 Å². The van der Waals surface area contributed by atoms with Crippen LogP contribution in [0.2, 0.25) is 5.02 Å². The highest BCUT2D eigenvalue weighted by Gasteiger charge is 2.30. The van der Waals surface area contributed by atoms with Gasteiger partial charge in [0.25, 0.3) is 17.4 Å². The van der Waals surface area contributed by atoms with E-state index in [0.29, 0.717) is 43.0 Å². The van der Waals surface area contributed by atoms with Gasteiger partial charge in [0.05, 0.1) is 19.8 Å². The van der Waals surface area contributed by atoms with E-state index in [1.54, 1.807) is 24.3 Å². The summed E-state index contributed by atoms with van der Waals surface area (Å²) in [4.78, 5) is 51.5. The molecule has 188 valence electrons. The lowest BCUT2D eigenvalue weighted by atomic mass is 10.1. The van der Waals surface area contributed by atoms with Crippen LogP contribution in [0, 0.1) is 0 Å². The third kappa shape index (κ3) is 6.29. The van der Waals surface area contributed by atoms with Crippen LogP contribution in [-0.2, 0) is 16.1 Å². The number of benzene rings is 1. The number of ether oxygens (including phenoxy) is 1. The van der Waals surface area contributed by atoms with E-state index in [-0.39, 0.29) is 18.1 Å². The first-order valence-electron chi connectivity index (χ1n) is 10.7. The number of hydrogen-bond acceptors (Lipinski definition) is 8. The predicted molar refractivity (Wildman–Crippen MR) is 124 cm³/mol. The second kappa shape index (κ2) is 11.7. The lowest BCUT2D eigenvalue weighted by Crippen LogP contribution is -2.42. The predicted octanol–water partition coefficient (Wildman–Crippen LogP) is -0.162. The van der Waals surface area contributed by atoms with Crippen LogP contribution < -0.4 is 16.2 Å². The van der Waals surface area contributed by atoms with Gasteiger partial charge >= 0.3 is 5.97 Å². The van der Waals surface area contributed by atoms with Crippen molar-refractivity contribution in [2.45, 2.75) is 6.54 Å². The zero-order valence-electron chi connectivity index (χ0n) is 18.6. The van der Waals surface area contributed by atoms with E-state index in [0.717, 1.165) is 0 Å². The van der Waals surface area contributed by atoms with Gasteiger partial charge in [0, 0.05) is 31.2 Å². The Hall–Kier alpha value is -3.61. The van der Waals surface area contributed by atoms with Crippen LogP contribution in [0.4, 0.5) is 0 Å². The van der Waals surface area contributed by atoms with Gasteiger partial charge < -0.3 is 30.7 Å². The smallest absolute Gasteiger partial charge is 0.322 e. The second-order valence-corrected chi connectivity index (χ2v) is 8.10. The van der Waals surface area contributed by atoms with Crippen LogP contribution in [0.3, 0.4) is 0 Å². The molecule has 0 radical (unpaired) electrons. The topological polar surface area (TPSA) is 170 Å². The maximum atomic E-state index is 13.2. The Bertz CT molecular complexity index is 1180. The number of aromatic hydroxyl groups is 2. The number of aromatic nitrogens is 1. The van der Waals surface area contributed by atoms with Crippen molar-refractivity contribution in [3.05, 3.63) is 56.3 Å². The second-order valence-electron chi connectivity index (χ2n) is 7.69. The van der Waals surface area contributed by atoms with Gasteiger partial charge in [0.2, 0.25) is 5.88 Å². The molecule has 13 heteroatoms. The van der Waals surface area contributed by atoms with Gasteiger partial charge in [0.15, 0.2) is 5.75 Å². The van der Waals surface area contributed by atoms with Gasteiger partial charge in [0.1, 0.15) is 17.7 Å². The fourth-order valence-electron chi connectivity index (χ4n) is 3.54. The molecule has 12 nitrogen and oxygen atoms in total. The molecule has 3 rings (SSSR count). The van der Waals surface area contributed by atoms with Gasteiger partial charge in [-0.3, -0.25) is 28.6 Å². The lowest BCUT2D eigenvalue weighted by Gasteiger charge is -2.26. The molecule has 1 aliphatic heterocycles. The van der Waals surface area contributed by atoms with Gasteiger partial charge in [-0.05, 0) is 11.6 Å². The summed E-state index contributed by atoms with van der Waals surface area (Å²) in [6.07, 6.45) is 0. The summed E-state index contributed by atoms with van der Waals surface area (Å²) in [5.41, 5.74) is -2.24. The third-order valence-electron chi connectivity index (χ3n) is 5.37. The molecule has 0 spiro atoms. The summed E-state index contributed by atoms with van der Waals surface area (Å²) < 4.78 is 5.98. The SMILES string of the molecule is O=C(O)CNC(=O)c1c(O)c(C(=O)NCCN2CCOCC2)c(=O)n(Cc2ccccc2Cl)c1O. The van der Waals surface area contributed by atoms with Gasteiger partial charge in [-0.15, -0.1) is 0 Å². The van der Waals surface area contributed by atoms with E-state index in [1.807, 2.05) is 10.2 Å². The average molecular weight is 509 g/mol. The molecule has 35 heavy (non-hydrogen) atoms. The number of carboxylic acids is 1. The van der Waals surface area contributed by atoms with Crippen molar-refractivity contribution in [1.82, 2.24) is 20.1 Å². The van der Waals surface area contributed by atoms with Crippen molar-refractivity contribution < 1.29 is 34.4 Å². The molecule has 2 heterocycles. The number of nitrogens with zero attached hydrogens (tertiary/aromatic N) is 2. The molecule has 2 aromatic rings. The molecule has 1 aromatic carbocycles. The summed E-state index contributed by atoms with van der Waals surface area (Å²) in [6, 6.07) is 6.43. The van der Waals surface area contributed by atoms with E-state index >= 15 is 0 Å².